The molecule has 0 aromatic heterocycles. The summed E-state index contributed by atoms with van der Waals surface area (Å²) in [6.07, 6.45) is 0. The third-order valence-corrected chi connectivity index (χ3v) is 4.31. The smallest absolute Gasteiger partial charge is 0.307 e. The van der Waals surface area contributed by atoms with Gasteiger partial charge in [0, 0.05) is 22.8 Å². The highest BCUT2D eigenvalue weighted by Gasteiger charge is 2.25. The number of halogens is 3. The van der Waals surface area contributed by atoms with Gasteiger partial charge >= 0.3 is 6.03 Å². The van der Waals surface area contributed by atoms with Gasteiger partial charge in [0.05, 0.1) is 16.6 Å². The van der Waals surface area contributed by atoms with Crippen molar-refractivity contribution in [1.82, 2.24) is 4.90 Å². The molecular weight excluding hydrogens is 357 g/mol. The summed E-state index contributed by atoms with van der Waals surface area (Å²) >= 11 is 17.9. The summed E-state index contributed by atoms with van der Waals surface area (Å²) in [6.45, 7) is 1.06. The molecule has 7 heteroatoms. The molecule has 1 heterocycles. The van der Waals surface area contributed by atoms with Gasteiger partial charge in [-0.25, -0.2) is 4.79 Å². The molecule has 0 unspecified atom stereocenters. The minimum atomic E-state index is -0.278. The van der Waals surface area contributed by atoms with Crippen LogP contribution in [0.1, 0.15) is 5.56 Å². The van der Waals surface area contributed by atoms with E-state index < -0.39 is 0 Å². The van der Waals surface area contributed by atoms with Gasteiger partial charge in [0.15, 0.2) is 0 Å². The molecule has 1 aliphatic rings. The summed E-state index contributed by atoms with van der Waals surface area (Å²) in [5.41, 5.74) is 1.38. The first-order chi connectivity index (χ1) is 11.0. The maximum absolute atomic E-state index is 12.5. The van der Waals surface area contributed by atoms with Crippen LogP contribution in [-0.4, -0.2) is 29.9 Å². The average molecular weight is 369 g/mol. The van der Waals surface area contributed by atoms with Gasteiger partial charge in [-0.1, -0.05) is 46.9 Å². The molecule has 23 heavy (non-hydrogen) atoms. The Hall–Kier alpha value is -1.75. The van der Waals surface area contributed by atoms with E-state index in [9.17, 15) is 4.79 Å². The number of aliphatic imine (C=N–C) groups is 1. The molecule has 0 radical (unpaired) electrons. The highest BCUT2D eigenvalue weighted by atomic mass is 35.5. The van der Waals surface area contributed by atoms with E-state index in [1.54, 1.807) is 35.2 Å². The molecule has 0 atom stereocenters. The Morgan fingerprint density at radius 3 is 2.65 bits per heavy atom. The van der Waals surface area contributed by atoms with Gasteiger partial charge < -0.3 is 5.32 Å². The van der Waals surface area contributed by atoms with Gasteiger partial charge in [0.2, 0.25) is 0 Å². The van der Waals surface area contributed by atoms with Crippen LogP contribution in [-0.2, 0) is 0 Å². The fourth-order valence-electron chi connectivity index (χ4n) is 2.28. The van der Waals surface area contributed by atoms with E-state index in [-0.39, 0.29) is 6.03 Å². The van der Waals surface area contributed by atoms with Crippen LogP contribution in [0.15, 0.2) is 47.5 Å². The minimum absolute atomic E-state index is 0.278. The zero-order valence-electron chi connectivity index (χ0n) is 11.9. The Kier molecular flexibility index (Phi) is 4.76. The molecule has 4 nitrogen and oxygen atoms in total. The predicted molar refractivity (Wildman–Crippen MR) is 95.0 cm³/mol. The summed E-state index contributed by atoms with van der Waals surface area (Å²) in [4.78, 5) is 18.5. The molecular formula is C16H12Cl3N3O. The first-order valence-corrected chi connectivity index (χ1v) is 8.02. The maximum Gasteiger partial charge on any atom is 0.327 e. The molecule has 1 aliphatic heterocycles. The number of carbonyl (C=O) groups excluding carboxylic acids is 1. The molecule has 1 N–H and O–H groups in total. The summed E-state index contributed by atoms with van der Waals surface area (Å²) in [5, 5.41) is 4.22. The van der Waals surface area contributed by atoms with Gasteiger partial charge in [-0.2, -0.15) is 0 Å². The zero-order chi connectivity index (χ0) is 16.4. The number of rotatable bonds is 2. The average Bonchev–Trinajstić information content (AvgIpc) is 3.00. The molecule has 3 rings (SSSR count). The standard InChI is InChI=1S/C16H12Cl3N3O/c17-11-3-1-2-10(8-11)15-20-6-7-22(15)16(23)21-12-4-5-13(18)14(19)9-12/h1-5,8-9H,6-7H2,(H,21,23). The third-order valence-electron chi connectivity index (χ3n) is 3.34. The molecule has 0 fully saturated rings. The van der Waals surface area contributed by atoms with Crippen molar-refractivity contribution >= 4 is 52.4 Å². The molecule has 0 saturated heterocycles. The molecule has 0 aliphatic carbocycles. The molecule has 2 amide bonds. The van der Waals surface area contributed by atoms with Crippen molar-refractivity contribution in [3.05, 3.63) is 63.1 Å². The highest BCUT2D eigenvalue weighted by molar-refractivity contribution is 6.42. The second-order valence-electron chi connectivity index (χ2n) is 4.93. The normalized spacial score (nSPS) is 13.9. The third kappa shape index (κ3) is 3.61. The lowest BCUT2D eigenvalue weighted by molar-refractivity contribution is 0.236. The van der Waals surface area contributed by atoms with E-state index in [4.69, 9.17) is 34.8 Å². The van der Waals surface area contributed by atoms with Crippen molar-refractivity contribution in [2.24, 2.45) is 4.99 Å². The first kappa shape index (κ1) is 16.1. The number of hydrogen-bond donors (Lipinski definition) is 1. The van der Waals surface area contributed by atoms with Crippen LogP contribution in [0.4, 0.5) is 10.5 Å². The molecule has 2 aromatic rings. The SMILES string of the molecule is O=C(Nc1ccc(Cl)c(Cl)c1)N1CCN=C1c1cccc(Cl)c1. The first-order valence-electron chi connectivity index (χ1n) is 6.88. The summed E-state index contributed by atoms with van der Waals surface area (Å²) in [5.74, 6) is 0.602. The van der Waals surface area contributed by atoms with Crippen molar-refractivity contribution in [3.8, 4) is 0 Å². The summed E-state index contributed by atoms with van der Waals surface area (Å²) in [7, 11) is 0. The lowest BCUT2D eigenvalue weighted by Crippen LogP contribution is -2.38. The number of urea groups is 1. The monoisotopic (exact) mass is 367 g/mol. The number of benzene rings is 2. The largest absolute Gasteiger partial charge is 0.327 e. The number of carbonyl (C=O) groups is 1. The van der Waals surface area contributed by atoms with Crippen LogP contribution in [0.2, 0.25) is 15.1 Å². The topological polar surface area (TPSA) is 44.7 Å². The number of amidine groups is 1. The van der Waals surface area contributed by atoms with Gasteiger partial charge in [-0.15, -0.1) is 0 Å². The van der Waals surface area contributed by atoms with Crippen molar-refractivity contribution in [1.29, 1.82) is 0 Å². The predicted octanol–water partition coefficient (Wildman–Crippen LogP) is 4.94. The number of anilines is 1. The van der Waals surface area contributed by atoms with E-state index in [0.29, 0.717) is 39.7 Å². The fourth-order valence-corrected chi connectivity index (χ4v) is 2.77. The quantitative estimate of drug-likeness (QED) is 0.801. The molecule has 0 bridgehead atoms. The van der Waals surface area contributed by atoms with E-state index in [1.165, 1.54) is 0 Å². The van der Waals surface area contributed by atoms with E-state index in [1.807, 2.05) is 12.1 Å². The Labute approximate surface area is 148 Å². The number of nitrogens with one attached hydrogen (secondary N) is 1. The number of amides is 2. The zero-order valence-corrected chi connectivity index (χ0v) is 14.2. The summed E-state index contributed by atoms with van der Waals surface area (Å²) < 4.78 is 0. The van der Waals surface area contributed by atoms with Gasteiger partial charge in [0.1, 0.15) is 5.84 Å². The van der Waals surface area contributed by atoms with Crippen molar-refractivity contribution in [3.63, 3.8) is 0 Å². The second-order valence-corrected chi connectivity index (χ2v) is 6.18. The number of hydrogen-bond acceptors (Lipinski definition) is 2. The Morgan fingerprint density at radius 2 is 1.91 bits per heavy atom. The molecule has 2 aromatic carbocycles. The Balaban J connectivity index is 1.79. The van der Waals surface area contributed by atoms with E-state index in [0.717, 1.165) is 5.56 Å². The van der Waals surface area contributed by atoms with Crippen LogP contribution >= 0.6 is 34.8 Å². The maximum atomic E-state index is 12.5. The van der Waals surface area contributed by atoms with Gasteiger partial charge in [-0.3, -0.25) is 9.89 Å². The lowest BCUT2D eigenvalue weighted by Gasteiger charge is -2.19. The van der Waals surface area contributed by atoms with Crippen LogP contribution in [0.3, 0.4) is 0 Å². The number of nitrogens with zero attached hydrogens (tertiary/aromatic N) is 2. The van der Waals surface area contributed by atoms with Crippen molar-refractivity contribution in [2.45, 2.75) is 0 Å². The molecule has 118 valence electrons. The molecule has 0 saturated carbocycles. The molecule has 0 spiro atoms. The fraction of sp³-hybridized carbons (Fsp3) is 0.125. The van der Waals surface area contributed by atoms with E-state index in [2.05, 4.69) is 10.3 Å². The minimum Gasteiger partial charge on any atom is -0.307 e. The Morgan fingerprint density at radius 1 is 1.09 bits per heavy atom. The van der Waals surface area contributed by atoms with Crippen molar-refractivity contribution < 1.29 is 4.79 Å². The van der Waals surface area contributed by atoms with E-state index >= 15 is 0 Å². The van der Waals surface area contributed by atoms with Crippen molar-refractivity contribution in [2.75, 3.05) is 18.4 Å². The van der Waals surface area contributed by atoms with Crippen LogP contribution in [0.5, 0.6) is 0 Å². The second kappa shape index (κ2) is 6.79. The van der Waals surface area contributed by atoms with Crippen LogP contribution in [0.25, 0.3) is 0 Å². The highest BCUT2D eigenvalue weighted by Crippen LogP contribution is 2.25. The summed E-state index contributed by atoms with van der Waals surface area (Å²) in [6, 6.07) is 11.9. The van der Waals surface area contributed by atoms with Crippen LogP contribution < -0.4 is 5.32 Å². The van der Waals surface area contributed by atoms with Gasteiger partial charge in [0.25, 0.3) is 0 Å². The van der Waals surface area contributed by atoms with Gasteiger partial charge in [-0.05, 0) is 30.3 Å². The van der Waals surface area contributed by atoms with Crippen LogP contribution in [0, 0.1) is 0 Å². The Bertz CT molecular complexity index is 792. The lowest BCUT2D eigenvalue weighted by atomic mass is 10.2.